The third kappa shape index (κ3) is 7.60. The summed E-state index contributed by atoms with van der Waals surface area (Å²) >= 11 is 5.74. The van der Waals surface area contributed by atoms with Gasteiger partial charge in [-0.15, -0.1) is 0 Å². The van der Waals surface area contributed by atoms with Crippen LogP contribution < -0.4 is 10.1 Å². The number of amides is 1. The molecule has 1 aromatic heterocycles. The number of halogens is 4. The molecule has 2 unspecified atom stereocenters. The topological polar surface area (TPSA) is 82.5 Å². The lowest BCUT2D eigenvalue weighted by Gasteiger charge is -2.17. The van der Waals surface area contributed by atoms with Crippen LogP contribution in [0.25, 0.3) is 10.9 Å². The lowest BCUT2D eigenvalue weighted by Crippen LogP contribution is -2.27. The van der Waals surface area contributed by atoms with Gasteiger partial charge < -0.3 is 14.8 Å². The Morgan fingerprint density at radius 3 is 2.54 bits per heavy atom. The molecule has 41 heavy (non-hydrogen) atoms. The van der Waals surface area contributed by atoms with Crippen molar-refractivity contribution in [3.8, 4) is 5.75 Å². The fraction of sp³-hybridized carbons (Fsp3) is 0.500. The van der Waals surface area contributed by atoms with Crippen LogP contribution in [0.3, 0.4) is 0 Å². The number of nitrogens with zero attached hydrogens (tertiary/aromatic N) is 2. The molecule has 4 rings (SSSR count). The van der Waals surface area contributed by atoms with Crippen molar-refractivity contribution in [2.24, 2.45) is 11.8 Å². The molecule has 1 fully saturated rings. The van der Waals surface area contributed by atoms with Crippen LogP contribution in [0, 0.1) is 11.8 Å². The average molecular weight is 594 g/mol. The Hall–Kier alpha value is -3.11. The number of ether oxygens (including phenoxy) is 2. The van der Waals surface area contributed by atoms with E-state index < -0.39 is 16.8 Å². The summed E-state index contributed by atoms with van der Waals surface area (Å²) in [6.07, 6.45) is 2.91. The van der Waals surface area contributed by atoms with Crippen molar-refractivity contribution in [1.82, 2.24) is 15.1 Å². The van der Waals surface area contributed by atoms with Gasteiger partial charge in [0.15, 0.2) is 5.78 Å². The van der Waals surface area contributed by atoms with Crippen LogP contribution in [0.4, 0.5) is 13.2 Å². The van der Waals surface area contributed by atoms with Crippen LogP contribution in [-0.2, 0) is 17.5 Å². The smallest absolute Gasteiger partial charge is 0.417 e. The number of ketones is 1. The van der Waals surface area contributed by atoms with Crippen molar-refractivity contribution >= 4 is 34.2 Å². The molecule has 1 saturated carbocycles. The number of methoxy groups -OCH3 is 2. The monoisotopic (exact) mass is 593 g/mol. The van der Waals surface area contributed by atoms with E-state index in [4.69, 9.17) is 26.2 Å². The van der Waals surface area contributed by atoms with Gasteiger partial charge in [0, 0.05) is 37.9 Å². The van der Waals surface area contributed by atoms with E-state index in [-0.39, 0.29) is 23.2 Å². The molecule has 0 saturated heterocycles. The molecule has 11 heteroatoms. The van der Waals surface area contributed by atoms with E-state index >= 15 is 0 Å². The molecule has 1 N–H and O–H groups in total. The van der Waals surface area contributed by atoms with E-state index in [1.54, 1.807) is 19.2 Å². The molecule has 222 valence electrons. The Bertz CT molecular complexity index is 1380. The Morgan fingerprint density at radius 2 is 1.80 bits per heavy atom. The molecular formula is C30H35ClF3N3O4. The Kier molecular flexibility index (Phi) is 10.3. The zero-order chi connectivity index (χ0) is 29.6. The van der Waals surface area contributed by atoms with E-state index in [2.05, 4.69) is 5.32 Å². The molecule has 2 aromatic carbocycles. The van der Waals surface area contributed by atoms with Crippen molar-refractivity contribution in [1.29, 1.82) is 0 Å². The molecule has 0 spiro atoms. The third-order valence-electron chi connectivity index (χ3n) is 7.68. The molecule has 0 bridgehead atoms. The summed E-state index contributed by atoms with van der Waals surface area (Å²) in [6.45, 7) is 1.47. The van der Waals surface area contributed by atoms with Crippen LogP contribution in [0.2, 0.25) is 5.02 Å². The van der Waals surface area contributed by atoms with E-state index in [0.717, 1.165) is 55.1 Å². The van der Waals surface area contributed by atoms with Gasteiger partial charge in [0.2, 0.25) is 0 Å². The van der Waals surface area contributed by atoms with Gasteiger partial charge >= 0.3 is 6.18 Å². The van der Waals surface area contributed by atoms with E-state index in [1.807, 2.05) is 10.9 Å². The average Bonchev–Trinajstić information content (AvgIpc) is 3.39. The number of hydrogen-bond donors (Lipinski definition) is 1. The van der Waals surface area contributed by atoms with Crippen LogP contribution in [0.5, 0.6) is 5.75 Å². The second kappa shape index (κ2) is 13.7. The van der Waals surface area contributed by atoms with Gasteiger partial charge in [0.25, 0.3) is 5.91 Å². The van der Waals surface area contributed by atoms with Gasteiger partial charge in [-0.25, -0.2) is 0 Å². The highest BCUT2D eigenvalue weighted by Gasteiger charge is 2.34. The van der Waals surface area contributed by atoms with Gasteiger partial charge in [0.1, 0.15) is 5.75 Å². The normalized spacial score (nSPS) is 18.4. The molecule has 1 amide bonds. The first-order valence-corrected chi connectivity index (χ1v) is 14.2. The molecule has 7 nitrogen and oxygen atoms in total. The fourth-order valence-electron chi connectivity index (χ4n) is 5.58. The number of aromatic nitrogens is 2. The predicted octanol–water partition coefficient (Wildman–Crippen LogP) is 6.95. The number of hydrogen-bond acceptors (Lipinski definition) is 5. The van der Waals surface area contributed by atoms with Gasteiger partial charge in [-0.3, -0.25) is 14.3 Å². The van der Waals surface area contributed by atoms with Crippen molar-refractivity contribution in [2.45, 2.75) is 57.7 Å². The van der Waals surface area contributed by atoms with Gasteiger partial charge in [-0.2, -0.15) is 18.3 Å². The highest BCUT2D eigenvalue weighted by molar-refractivity contribution is 6.31. The van der Waals surface area contributed by atoms with Gasteiger partial charge in [0.05, 0.1) is 40.8 Å². The number of fused-ring (bicyclic) bond motifs is 1. The number of alkyl halides is 3. The Balaban J connectivity index is 1.42. The zero-order valence-electron chi connectivity index (χ0n) is 23.2. The van der Waals surface area contributed by atoms with Crippen LogP contribution >= 0.6 is 11.6 Å². The summed E-state index contributed by atoms with van der Waals surface area (Å²) < 4.78 is 52.4. The molecule has 1 aliphatic carbocycles. The highest BCUT2D eigenvalue weighted by Crippen LogP contribution is 2.37. The molecular weight excluding hydrogens is 559 g/mol. The highest BCUT2D eigenvalue weighted by atomic mass is 35.5. The lowest BCUT2D eigenvalue weighted by molar-refractivity contribution is -0.137. The number of Topliss-reactive ketones (excluding diaryl/α,β-unsaturated/α-hetero) is 1. The maximum atomic E-state index is 13.3. The summed E-state index contributed by atoms with van der Waals surface area (Å²) in [6, 6.07) is 6.94. The van der Waals surface area contributed by atoms with E-state index in [9.17, 15) is 22.8 Å². The van der Waals surface area contributed by atoms with E-state index in [1.165, 1.54) is 13.2 Å². The molecule has 1 heterocycles. The Labute approximate surface area is 242 Å². The molecule has 3 aromatic rings. The first-order valence-electron chi connectivity index (χ1n) is 13.8. The second-order valence-corrected chi connectivity index (χ2v) is 10.9. The van der Waals surface area contributed by atoms with Crippen molar-refractivity contribution in [3.63, 3.8) is 0 Å². The number of benzene rings is 2. The molecule has 1 aliphatic rings. The first kappa shape index (κ1) is 30.8. The minimum Gasteiger partial charge on any atom is -0.495 e. The Morgan fingerprint density at radius 1 is 1.07 bits per heavy atom. The largest absolute Gasteiger partial charge is 0.495 e. The summed E-state index contributed by atoms with van der Waals surface area (Å²) in [5.41, 5.74) is 0.240. The number of rotatable bonds is 9. The molecule has 2 atom stereocenters. The number of carbonyl (C=O) groups excluding carboxylic acids is 2. The number of carbonyl (C=O) groups is 2. The molecule has 0 radical (unpaired) electrons. The quantitative estimate of drug-likeness (QED) is 0.214. The molecule has 0 aliphatic heterocycles. The maximum absolute atomic E-state index is 13.3. The van der Waals surface area contributed by atoms with Crippen LogP contribution in [-0.4, -0.2) is 48.8 Å². The van der Waals surface area contributed by atoms with Crippen LogP contribution in [0.15, 0.2) is 36.5 Å². The first-order chi connectivity index (χ1) is 19.6. The summed E-state index contributed by atoms with van der Waals surface area (Å²) in [4.78, 5) is 25.8. The fourth-order valence-corrected chi connectivity index (χ4v) is 5.80. The SMILES string of the molecule is COCCNC(=O)c1ccc2nn(CC3CCCCC(C(=O)c4ccc(Cl)c(C(F)(F)F)c4)CCC3)cc2c1OC. The van der Waals surface area contributed by atoms with E-state index in [0.29, 0.717) is 49.8 Å². The van der Waals surface area contributed by atoms with Crippen molar-refractivity contribution in [3.05, 3.63) is 58.2 Å². The minimum atomic E-state index is -4.61. The second-order valence-electron chi connectivity index (χ2n) is 10.5. The lowest BCUT2D eigenvalue weighted by atomic mass is 9.88. The summed E-state index contributed by atoms with van der Waals surface area (Å²) in [7, 11) is 3.10. The minimum absolute atomic E-state index is 0.0615. The summed E-state index contributed by atoms with van der Waals surface area (Å²) in [5.74, 6) is -0.0232. The zero-order valence-corrected chi connectivity index (χ0v) is 24.0. The van der Waals surface area contributed by atoms with Crippen molar-refractivity contribution < 1.29 is 32.2 Å². The summed E-state index contributed by atoms with van der Waals surface area (Å²) in [5, 5.41) is 7.87. The van der Waals surface area contributed by atoms with Crippen LogP contribution in [0.1, 0.15) is 71.2 Å². The van der Waals surface area contributed by atoms with Crippen molar-refractivity contribution in [2.75, 3.05) is 27.4 Å². The van der Waals surface area contributed by atoms with Gasteiger partial charge in [-0.1, -0.05) is 30.9 Å². The van der Waals surface area contributed by atoms with Gasteiger partial charge in [-0.05, 0) is 61.9 Å². The third-order valence-corrected chi connectivity index (χ3v) is 8.01. The standard InChI is InChI=1S/C30H35ClF3N3O4/c1-40-15-14-35-29(39)22-11-13-26-23(28(22)41-2)18-37(36-26)17-19-6-3-4-8-20(9-5-7-19)27(38)21-10-12-25(31)24(16-21)30(32,33)34/h10-13,16,18-20H,3-9,14-15,17H2,1-2H3,(H,35,39). The number of nitrogens with one attached hydrogen (secondary N) is 1. The predicted molar refractivity (Wildman–Crippen MR) is 151 cm³/mol. The maximum Gasteiger partial charge on any atom is 0.417 e.